The molecule has 3 N–H and O–H groups in total. The Balaban J connectivity index is 1.94. The Morgan fingerprint density at radius 1 is 0.710 bits per heavy atom. The average Bonchev–Trinajstić information content (AvgIpc) is 2.79. The van der Waals surface area contributed by atoms with E-state index in [1.807, 2.05) is 6.07 Å². The molecule has 0 aliphatic rings. The highest BCUT2D eigenvalue weighted by Crippen LogP contribution is 2.21. The minimum atomic E-state index is -0.609. The molecule has 0 heterocycles. The molecule has 0 amide bonds. The van der Waals surface area contributed by atoms with Crippen LogP contribution in [0.5, 0.6) is 11.5 Å². The van der Waals surface area contributed by atoms with E-state index in [9.17, 15) is 20.1 Å². The molecular formula is C25H20N2O4. The molecule has 0 atom stereocenters. The first kappa shape index (κ1) is 21.3. The Bertz CT molecular complexity index is 1180. The van der Waals surface area contributed by atoms with Gasteiger partial charge in [0.1, 0.15) is 17.3 Å². The number of phenols is 2. The van der Waals surface area contributed by atoms with Crippen LogP contribution in [-0.2, 0) is 4.79 Å². The number of hydrogen-bond donors (Lipinski definition) is 3. The summed E-state index contributed by atoms with van der Waals surface area (Å²) in [5.74, 6) is -0.978. The number of rotatable bonds is 7. The monoisotopic (exact) mass is 412 g/mol. The van der Waals surface area contributed by atoms with Crippen molar-refractivity contribution >= 4 is 23.6 Å². The number of para-hydroxylation sites is 2. The molecule has 0 radical (unpaired) electrons. The van der Waals surface area contributed by atoms with Crippen molar-refractivity contribution in [1.29, 1.82) is 0 Å². The van der Waals surface area contributed by atoms with Crippen LogP contribution in [0, 0.1) is 0 Å². The zero-order chi connectivity index (χ0) is 22.1. The fraction of sp³-hybridized carbons (Fsp3) is 0. The maximum atomic E-state index is 12.7. The molecule has 154 valence electrons. The van der Waals surface area contributed by atoms with Crippen molar-refractivity contribution in [2.75, 3.05) is 0 Å². The third kappa shape index (κ3) is 6.01. The van der Waals surface area contributed by atoms with Gasteiger partial charge >= 0.3 is 0 Å². The number of phenolic OH excluding ortho intramolecular Hbond substituents is 2. The van der Waals surface area contributed by atoms with E-state index in [-0.39, 0.29) is 17.2 Å². The van der Waals surface area contributed by atoms with Gasteiger partial charge in [0.05, 0.1) is 5.69 Å². The third-order valence-electron chi connectivity index (χ3n) is 4.21. The molecule has 0 aromatic heterocycles. The van der Waals surface area contributed by atoms with E-state index < -0.39 is 11.5 Å². The van der Waals surface area contributed by atoms with Crippen molar-refractivity contribution in [3.63, 3.8) is 0 Å². The quantitative estimate of drug-likeness (QED) is 0.193. The molecule has 0 spiro atoms. The summed E-state index contributed by atoms with van der Waals surface area (Å²) in [6.45, 7) is 0. The first-order valence-corrected chi connectivity index (χ1v) is 9.41. The Hall–Kier alpha value is -4.45. The molecule has 0 fully saturated rings. The SMILES string of the molecule is O=C(C=Cc1ccccc1O)/C(N=Nc1ccccc1)=C(\O)C=Cc1ccccc1O. The lowest BCUT2D eigenvalue weighted by molar-refractivity contribution is -0.111. The van der Waals surface area contributed by atoms with Crippen LogP contribution in [0.25, 0.3) is 12.2 Å². The highest BCUT2D eigenvalue weighted by molar-refractivity contribution is 6.06. The Labute approximate surface area is 179 Å². The molecule has 0 aliphatic heterocycles. The molecule has 6 heteroatoms. The molecular weight excluding hydrogens is 392 g/mol. The molecule has 0 bridgehead atoms. The van der Waals surface area contributed by atoms with Crippen LogP contribution < -0.4 is 0 Å². The van der Waals surface area contributed by atoms with Gasteiger partial charge in [-0.1, -0.05) is 54.6 Å². The van der Waals surface area contributed by atoms with Crippen LogP contribution >= 0.6 is 0 Å². The van der Waals surface area contributed by atoms with Crippen molar-refractivity contribution in [3.05, 3.63) is 114 Å². The predicted octanol–water partition coefficient (Wildman–Crippen LogP) is 5.95. The number of aliphatic hydroxyl groups excluding tert-OH is 1. The Kier molecular flexibility index (Phi) is 7.11. The van der Waals surface area contributed by atoms with Crippen molar-refractivity contribution in [2.45, 2.75) is 0 Å². The molecule has 31 heavy (non-hydrogen) atoms. The normalized spacial score (nSPS) is 12.5. The van der Waals surface area contributed by atoms with Gasteiger partial charge in [-0.3, -0.25) is 4.79 Å². The van der Waals surface area contributed by atoms with Crippen molar-refractivity contribution in [2.24, 2.45) is 10.2 Å². The summed E-state index contributed by atoms with van der Waals surface area (Å²) in [6, 6.07) is 21.9. The van der Waals surface area contributed by atoms with Gasteiger partial charge in [0.25, 0.3) is 0 Å². The topological polar surface area (TPSA) is 102 Å². The second-order valence-corrected chi connectivity index (χ2v) is 6.42. The van der Waals surface area contributed by atoms with Crippen LogP contribution in [-0.4, -0.2) is 21.1 Å². The van der Waals surface area contributed by atoms with E-state index in [2.05, 4.69) is 10.2 Å². The highest BCUT2D eigenvalue weighted by atomic mass is 16.3. The molecule has 3 aromatic carbocycles. The van der Waals surface area contributed by atoms with Crippen LogP contribution in [0.3, 0.4) is 0 Å². The highest BCUT2D eigenvalue weighted by Gasteiger charge is 2.12. The van der Waals surface area contributed by atoms with Gasteiger partial charge < -0.3 is 15.3 Å². The first-order valence-electron chi connectivity index (χ1n) is 9.41. The number of ketones is 1. The van der Waals surface area contributed by atoms with E-state index >= 15 is 0 Å². The zero-order valence-electron chi connectivity index (χ0n) is 16.5. The molecule has 6 nitrogen and oxygen atoms in total. The lowest BCUT2D eigenvalue weighted by Gasteiger charge is -2.01. The molecule has 0 saturated carbocycles. The van der Waals surface area contributed by atoms with Crippen LogP contribution in [0.15, 0.2) is 113 Å². The zero-order valence-corrected chi connectivity index (χ0v) is 16.5. The van der Waals surface area contributed by atoms with Gasteiger partial charge in [0, 0.05) is 11.1 Å². The summed E-state index contributed by atoms with van der Waals surface area (Å²) in [4.78, 5) is 12.7. The van der Waals surface area contributed by atoms with E-state index in [1.165, 1.54) is 36.4 Å². The fourth-order valence-corrected chi connectivity index (χ4v) is 2.58. The summed E-state index contributed by atoms with van der Waals surface area (Å²) in [5.41, 5.74) is 1.13. The number of azo groups is 1. The lowest BCUT2D eigenvalue weighted by atomic mass is 10.1. The summed E-state index contributed by atoms with van der Waals surface area (Å²) in [7, 11) is 0. The van der Waals surface area contributed by atoms with E-state index in [0.29, 0.717) is 16.8 Å². The van der Waals surface area contributed by atoms with E-state index in [4.69, 9.17) is 0 Å². The maximum Gasteiger partial charge on any atom is 0.209 e. The van der Waals surface area contributed by atoms with Gasteiger partial charge in [-0.05, 0) is 48.6 Å². The summed E-state index contributed by atoms with van der Waals surface area (Å²) >= 11 is 0. The maximum absolute atomic E-state index is 12.7. The van der Waals surface area contributed by atoms with Gasteiger partial charge in [-0.2, -0.15) is 5.11 Å². The molecule has 3 aromatic rings. The Morgan fingerprint density at radius 2 is 1.23 bits per heavy atom. The Morgan fingerprint density at radius 3 is 1.81 bits per heavy atom. The number of benzene rings is 3. The predicted molar refractivity (Wildman–Crippen MR) is 120 cm³/mol. The number of hydrogen-bond acceptors (Lipinski definition) is 6. The van der Waals surface area contributed by atoms with E-state index in [1.54, 1.807) is 60.7 Å². The second-order valence-electron chi connectivity index (χ2n) is 6.42. The molecule has 3 rings (SSSR count). The van der Waals surface area contributed by atoms with Crippen LogP contribution in [0.1, 0.15) is 11.1 Å². The number of aliphatic hydroxyl groups is 1. The van der Waals surface area contributed by atoms with Gasteiger partial charge in [-0.25, -0.2) is 0 Å². The van der Waals surface area contributed by atoms with Crippen molar-refractivity contribution in [1.82, 2.24) is 0 Å². The molecule has 0 saturated heterocycles. The number of carbonyl (C=O) groups is 1. The van der Waals surface area contributed by atoms with Gasteiger partial charge in [0.2, 0.25) is 5.78 Å². The first-order chi connectivity index (χ1) is 15.0. The van der Waals surface area contributed by atoms with Gasteiger partial charge in [0.15, 0.2) is 5.70 Å². The lowest BCUT2D eigenvalue weighted by Crippen LogP contribution is -1.99. The van der Waals surface area contributed by atoms with Crippen molar-refractivity contribution < 1.29 is 20.1 Å². The largest absolute Gasteiger partial charge is 0.507 e. The molecule has 0 aliphatic carbocycles. The van der Waals surface area contributed by atoms with E-state index in [0.717, 1.165) is 0 Å². The van der Waals surface area contributed by atoms with Gasteiger partial charge in [-0.15, -0.1) is 5.11 Å². The van der Waals surface area contributed by atoms with Crippen LogP contribution in [0.4, 0.5) is 5.69 Å². The summed E-state index contributed by atoms with van der Waals surface area (Å²) in [6.07, 6.45) is 5.34. The standard InChI is InChI=1S/C25H20N2O4/c28-21-12-6-4-8-18(21)14-16-23(30)25(27-26-20-10-2-1-3-11-20)24(31)17-15-19-9-5-7-13-22(19)29/h1-17,28-30H/b16-14?,17-15?,25-23+,27-26?. The summed E-state index contributed by atoms with van der Waals surface area (Å²) in [5, 5.41) is 38.2. The number of nitrogens with zero attached hydrogens (tertiary/aromatic N) is 2. The second kappa shape index (κ2) is 10.4. The minimum absolute atomic E-state index is 0.0201. The summed E-state index contributed by atoms with van der Waals surface area (Å²) < 4.78 is 0. The minimum Gasteiger partial charge on any atom is -0.507 e. The molecule has 0 unspecified atom stereocenters. The number of aromatic hydroxyl groups is 2. The smallest absolute Gasteiger partial charge is 0.209 e. The number of allylic oxidation sites excluding steroid dienone is 2. The average molecular weight is 412 g/mol. The number of carbonyl (C=O) groups excluding carboxylic acids is 1. The third-order valence-corrected chi connectivity index (χ3v) is 4.21. The van der Waals surface area contributed by atoms with Crippen LogP contribution in [0.2, 0.25) is 0 Å². The fourth-order valence-electron chi connectivity index (χ4n) is 2.58. The van der Waals surface area contributed by atoms with Crippen molar-refractivity contribution in [3.8, 4) is 11.5 Å².